The maximum absolute atomic E-state index is 12.1. The molecule has 8 heteroatoms. The first-order chi connectivity index (χ1) is 6.96. The Labute approximate surface area is 86.7 Å². The number of hydrogen-bond acceptors (Lipinski definition) is 3. The highest BCUT2D eigenvalue weighted by molar-refractivity contribution is 6.30. The van der Waals surface area contributed by atoms with Crippen LogP contribution in [0.15, 0.2) is 12.3 Å². The predicted molar refractivity (Wildman–Crippen MR) is 46.4 cm³/mol. The molecule has 0 aliphatic rings. The number of rotatable bonds is 1. The van der Waals surface area contributed by atoms with Crippen molar-refractivity contribution < 1.29 is 13.2 Å². The maximum Gasteiger partial charge on any atom is 0.408 e. The van der Waals surface area contributed by atoms with Gasteiger partial charge in [0.05, 0.1) is 5.02 Å². The van der Waals surface area contributed by atoms with Crippen molar-refractivity contribution in [2.24, 2.45) is 0 Å². The van der Waals surface area contributed by atoms with E-state index in [1.165, 1.54) is 12.3 Å². The van der Waals surface area contributed by atoms with Gasteiger partial charge in [0, 0.05) is 6.20 Å². The Hall–Kier alpha value is -1.37. The van der Waals surface area contributed by atoms with Crippen molar-refractivity contribution >= 4 is 22.8 Å². The minimum atomic E-state index is -4.34. The second-order valence-corrected chi connectivity index (χ2v) is 3.29. The van der Waals surface area contributed by atoms with Crippen LogP contribution in [0.2, 0.25) is 5.02 Å². The summed E-state index contributed by atoms with van der Waals surface area (Å²) in [6.07, 6.45) is -3.04. The lowest BCUT2D eigenvalue weighted by atomic mass is 10.4. The zero-order chi connectivity index (χ0) is 11.1. The van der Waals surface area contributed by atoms with Crippen LogP contribution < -0.4 is 0 Å². The largest absolute Gasteiger partial charge is 0.408 e. The molecule has 0 aromatic carbocycles. The van der Waals surface area contributed by atoms with Gasteiger partial charge < -0.3 is 0 Å². The van der Waals surface area contributed by atoms with E-state index < -0.39 is 12.7 Å². The van der Waals surface area contributed by atoms with Crippen LogP contribution in [0.3, 0.4) is 0 Å². The van der Waals surface area contributed by atoms with Crippen molar-refractivity contribution in [2.45, 2.75) is 12.7 Å². The monoisotopic (exact) mass is 236 g/mol. The molecular weight excluding hydrogens is 233 g/mol. The van der Waals surface area contributed by atoms with Crippen molar-refractivity contribution in [1.29, 1.82) is 0 Å². The molecule has 2 heterocycles. The Balaban J connectivity index is 2.48. The van der Waals surface area contributed by atoms with Gasteiger partial charge in [-0.25, -0.2) is 9.67 Å². The summed E-state index contributed by atoms with van der Waals surface area (Å²) < 4.78 is 37.0. The number of fused-ring (bicyclic) bond motifs is 1. The van der Waals surface area contributed by atoms with Crippen molar-refractivity contribution in [2.75, 3.05) is 0 Å². The lowest BCUT2D eigenvalue weighted by Crippen LogP contribution is -2.18. The second kappa shape index (κ2) is 3.34. The Bertz CT molecular complexity index is 492. The van der Waals surface area contributed by atoms with Crippen molar-refractivity contribution in [1.82, 2.24) is 20.0 Å². The molecule has 0 atom stereocenters. The molecule has 0 unspecified atom stereocenters. The third kappa shape index (κ3) is 2.17. The molecule has 0 saturated heterocycles. The summed E-state index contributed by atoms with van der Waals surface area (Å²) >= 11 is 5.61. The molecule has 0 N–H and O–H groups in total. The van der Waals surface area contributed by atoms with E-state index in [-0.39, 0.29) is 16.2 Å². The molecule has 0 radical (unpaired) electrons. The Morgan fingerprint density at radius 2 is 2.13 bits per heavy atom. The summed E-state index contributed by atoms with van der Waals surface area (Å²) in [5, 5.41) is 7.08. The van der Waals surface area contributed by atoms with Gasteiger partial charge in [0.2, 0.25) is 5.65 Å². The van der Waals surface area contributed by atoms with E-state index in [1.807, 2.05) is 0 Å². The van der Waals surface area contributed by atoms with E-state index in [0.717, 1.165) is 0 Å². The topological polar surface area (TPSA) is 43.6 Å². The lowest BCUT2D eigenvalue weighted by Gasteiger charge is -2.05. The minimum Gasteiger partial charge on any atom is -0.234 e. The fraction of sp³-hybridized carbons (Fsp3) is 0.286. The molecule has 80 valence electrons. The van der Waals surface area contributed by atoms with Gasteiger partial charge >= 0.3 is 6.18 Å². The number of halogens is 4. The first-order valence-electron chi connectivity index (χ1n) is 3.87. The molecule has 0 fully saturated rings. The molecule has 2 aromatic heterocycles. The molecular formula is C7H4ClF3N4. The van der Waals surface area contributed by atoms with E-state index in [9.17, 15) is 13.2 Å². The summed E-state index contributed by atoms with van der Waals surface area (Å²) in [5.41, 5.74) is 0.309. The van der Waals surface area contributed by atoms with E-state index in [4.69, 9.17) is 11.6 Å². The van der Waals surface area contributed by atoms with Gasteiger partial charge in [-0.05, 0) is 6.07 Å². The average Bonchev–Trinajstić information content (AvgIpc) is 2.46. The van der Waals surface area contributed by atoms with Crippen LogP contribution in [0.1, 0.15) is 0 Å². The smallest absolute Gasteiger partial charge is 0.234 e. The summed E-state index contributed by atoms with van der Waals surface area (Å²) in [6.45, 7) is -1.20. The highest BCUT2D eigenvalue weighted by Crippen LogP contribution is 2.20. The van der Waals surface area contributed by atoms with Crippen LogP contribution in [0.25, 0.3) is 11.2 Å². The highest BCUT2D eigenvalue weighted by atomic mass is 35.5. The summed E-state index contributed by atoms with van der Waals surface area (Å²) in [4.78, 5) is 3.74. The highest BCUT2D eigenvalue weighted by Gasteiger charge is 2.29. The van der Waals surface area contributed by atoms with Gasteiger partial charge in [0.1, 0.15) is 12.1 Å². The molecule has 0 aliphatic heterocycles. The van der Waals surface area contributed by atoms with E-state index in [2.05, 4.69) is 15.3 Å². The molecule has 4 nitrogen and oxygen atoms in total. The van der Waals surface area contributed by atoms with Gasteiger partial charge in [-0.2, -0.15) is 13.2 Å². The van der Waals surface area contributed by atoms with Gasteiger partial charge in [-0.3, -0.25) is 0 Å². The lowest BCUT2D eigenvalue weighted by molar-refractivity contribution is -0.142. The van der Waals surface area contributed by atoms with Crippen LogP contribution in [0.4, 0.5) is 13.2 Å². The fourth-order valence-electron chi connectivity index (χ4n) is 1.12. The molecule has 0 amide bonds. The Morgan fingerprint density at radius 3 is 2.80 bits per heavy atom. The third-order valence-electron chi connectivity index (χ3n) is 1.67. The van der Waals surface area contributed by atoms with E-state index in [1.54, 1.807) is 0 Å². The molecule has 15 heavy (non-hydrogen) atoms. The zero-order valence-corrected chi connectivity index (χ0v) is 7.92. The molecule has 2 rings (SSSR count). The van der Waals surface area contributed by atoms with Crippen molar-refractivity contribution in [3.63, 3.8) is 0 Å². The zero-order valence-electron chi connectivity index (χ0n) is 7.16. The number of aromatic nitrogens is 4. The number of alkyl halides is 3. The second-order valence-electron chi connectivity index (χ2n) is 2.86. The van der Waals surface area contributed by atoms with Crippen molar-refractivity contribution in [3.8, 4) is 0 Å². The van der Waals surface area contributed by atoms with Crippen molar-refractivity contribution in [3.05, 3.63) is 17.3 Å². The Morgan fingerprint density at radius 1 is 1.40 bits per heavy atom. The van der Waals surface area contributed by atoms with Crippen LogP contribution in [-0.4, -0.2) is 26.2 Å². The van der Waals surface area contributed by atoms with E-state index in [0.29, 0.717) is 4.68 Å². The SMILES string of the molecule is FC(F)(F)Cn1nnc2ncc(Cl)cc21. The first kappa shape index (κ1) is 10.2. The van der Waals surface area contributed by atoms with Gasteiger partial charge in [-0.15, -0.1) is 5.10 Å². The summed E-state index contributed by atoms with van der Waals surface area (Å²) in [6, 6.07) is 1.34. The van der Waals surface area contributed by atoms with Crippen LogP contribution >= 0.6 is 11.6 Å². The summed E-state index contributed by atoms with van der Waals surface area (Å²) in [5.74, 6) is 0. The first-order valence-corrected chi connectivity index (χ1v) is 4.25. The van der Waals surface area contributed by atoms with Crippen LogP contribution in [-0.2, 0) is 6.54 Å². The average molecular weight is 237 g/mol. The maximum atomic E-state index is 12.1. The molecule has 0 saturated carbocycles. The van der Waals surface area contributed by atoms with Gasteiger partial charge in [-0.1, -0.05) is 16.8 Å². The molecule has 0 bridgehead atoms. The van der Waals surface area contributed by atoms with Crippen LogP contribution in [0, 0.1) is 0 Å². The molecule has 2 aromatic rings. The standard InChI is InChI=1S/C7H4ClF3N4/c8-4-1-5-6(12-2-4)13-14-15(5)3-7(9,10)11/h1-2H,3H2. The molecule has 0 spiro atoms. The number of nitrogens with zero attached hydrogens (tertiary/aromatic N) is 4. The quantitative estimate of drug-likeness (QED) is 0.761. The normalized spacial score (nSPS) is 12.3. The van der Waals surface area contributed by atoms with Gasteiger partial charge in [0.25, 0.3) is 0 Å². The number of pyridine rings is 1. The predicted octanol–water partition coefficient (Wildman–Crippen LogP) is 2.04. The van der Waals surface area contributed by atoms with Gasteiger partial charge in [0.15, 0.2) is 0 Å². The van der Waals surface area contributed by atoms with Crippen LogP contribution in [0.5, 0.6) is 0 Å². The third-order valence-corrected chi connectivity index (χ3v) is 1.88. The Kier molecular flexibility index (Phi) is 2.26. The summed E-state index contributed by atoms with van der Waals surface area (Å²) in [7, 11) is 0. The number of hydrogen-bond donors (Lipinski definition) is 0. The molecule has 0 aliphatic carbocycles. The van der Waals surface area contributed by atoms with E-state index >= 15 is 0 Å². The fourth-order valence-corrected chi connectivity index (χ4v) is 1.27. The minimum absolute atomic E-state index is 0.142.